The van der Waals surface area contributed by atoms with Gasteiger partial charge in [-0.3, -0.25) is 4.79 Å². The lowest BCUT2D eigenvalue weighted by Gasteiger charge is -2.14. The average molecular weight is 241 g/mol. The maximum absolute atomic E-state index is 13.2. The summed E-state index contributed by atoms with van der Waals surface area (Å²) in [6.45, 7) is 0.238. The molecule has 94 valence electrons. The van der Waals surface area contributed by atoms with Gasteiger partial charge in [-0.1, -0.05) is 12.1 Å². The molecule has 1 N–H and O–H groups in total. The Bertz CT molecular complexity index is 371. The summed E-state index contributed by atoms with van der Waals surface area (Å²) in [5.74, 6) is -0.580. The first kappa shape index (κ1) is 13.4. The Labute approximate surface area is 99.7 Å². The molecule has 17 heavy (non-hydrogen) atoms. The van der Waals surface area contributed by atoms with Crippen molar-refractivity contribution in [2.45, 2.75) is 12.5 Å². The number of methoxy groups -OCH3 is 1. The van der Waals surface area contributed by atoms with E-state index in [4.69, 9.17) is 4.74 Å². The Morgan fingerprint density at radius 2 is 2.18 bits per heavy atom. The zero-order valence-corrected chi connectivity index (χ0v) is 9.90. The van der Waals surface area contributed by atoms with Crippen LogP contribution >= 0.6 is 0 Å². The number of halogens is 1. The van der Waals surface area contributed by atoms with Crippen LogP contribution < -0.4 is 10.1 Å². The van der Waals surface area contributed by atoms with Crippen molar-refractivity contribution in [3.8, 4) is 5.75 Å². The number of rotatable bonds is 6. The zero-order valence-electron chi connectivity index (χ0n) is 9.90. The maximum atomic E-state index is 13.2. The summed E-state index contributed by atoms with van der Waals surface area (Å²) in [7, 11) is 2.98. The molecular weight excluding hydrogens is 225 g/mol. The molecule has 0 bridgehead atoms. The summed E-state index contributed by atoms with van der Waals surface area (Å²) in [6.07, 6.45) is 0.414. The molecule has 1 unspecified atom stereocenters. The minimum absolute atomic E-state index is 0.187. The summed E-state index contributed by atoms with van der Waals surface area (Å²) in [5, 5.41) is 2.81. The van der Waals surface area contributed by atoms with Gasteiger partial charge in [-0.05, 0) is 19.2 Å². The number of hydrogen-bond acceptors (Lipinski definition) is 4. The minimum Gasteiger partial charge on any atom is -0.490 e. The molecule has 1 aromatic rings. The van der Waals surface area contributed by atoms with Gasteiger partial charge in [0.15, 0.2) is 11.6 Å². The van der Waals surface area contributed by atoms with Crippen LogP contribution in [0.4, 0.5) is 4.39 Å². The third-order valence-corrected chi connectivity index (χ3v) is 2.33. The molecular formula is C12H16FNO3. The Morgan fingerprint density at radius 3 is 2.76 bits per heavy atom. The van der Waals surface area contributed by atoms with Crippen molar-refractivity contribution < 1.29 is 18.7 Å². The second-order valence-electron chi connectivity index (χ2n) is 3.43. The standard InChI is InChI=1S/C12H16FNO3/c1-14-10(12(15)16-2)7-8-17-11-6-4-3-5-9(11)13/h3-6,10,14H,7-8H2,1-2H3. The minimum atomic E-state index is -0.438. The van der Waals surface area contributed by atoms with Crippen LogP contribution in [0.1, 0.15) is 6.42 Å². The molecule has 0 fully saturated rings. The average Bonchev–Trinajstić information content (AvgIpc) is 2.36. The van der Waals surface area contributed by atoms with Crippen LogP contribution in [-0.4, -0.2) is 32.8 Å². The van der Waals surface area contributed by atoms with Gasteiger partial charge >= 0.3 is 5.97 Å². The number of carbonyl (C=O) groups is 1. The number of esters is 1. The highest BCUT2D eigenvalue weighted by atomic mass is 19.1. The molecule has 1 rings (SSSR count). The molecule has 0 aliphatic heterocycles. The zero-order chi connectivity index (χ0) is 12.7. The largest absolute Gasteiger partial charge is 0.490 e. The second kappa shape index (κ2) is 6.85. The van der Waals surface area contributed by atoms with Crippen LogP contribution in [0.3, 0.4) is 0 Å². The van der Waals surface area contributed by atoms with E-state index in [2.05, 4.69) is 10.1 Å². The number of carbonyl (C=O) groups excluding carboxylic acids is 1. The molecule has 0 radical (unpaired) electrons. The van der Waals surface area contributed by atoms with Crippen LogP contribution in [-0.2, 0) is 9.53 Å². The van der Waals surface area contributed by atoms with E-state index < -0.39 is 11.9 Å². The van der Waals surface area contributed by atoms with Crippen molar-refractivity contribution in [1.82, 2.24) is 5.32 Å². The first-order valence-electron chi connectivity index (χ1n) is 5.31. The van der Waals surface area contributed by atoms with Crippen molar-refractivity contribution in [1.29, 1.82) is 0 Å². The van der Waals surface area contributed by atoms with Crippen molar-refractivity contribution in [2.24, 2.45) is 0 Å². The van der Waals surface area contributed by atoms with Gasteiger partial charge in [-0.2, -0.15) is 0 Å². The Balaban J connectivity index is 2.42. The summed E-state index contributed by atoms with van der Waals surface area (Å²) in [6, 6.07) is 5.71. The van der Waals surface area contributed by atoms with E-state index in [-0.39, 0.29) is 18.3 Å². The molecule has 1 atom stereocenters. The van der Waals surface area contributed by atoms with Crippen LogP contribution in [0.25, 0.3) is 0 Å². The number of nitrogens with one attached hydrogen (secondary N) is 1. The van der Waals surface area contributed by atoms with Crippen molar-refractivity contribution in [3.05, 3.63) is 30.1 Å². The molecule has 1 aromatic carbocycles. The molecule has 0 saturated carbocycles. The summed E-state index contributed by atoms with van der Waals surface area (Å²) in [4.78, 5) is 11.2. The molecule has 0 saturated heterocycles. The predicted octanol–water partition coefficient (Wildman–Crippen LogP) is 1.36. The molecule has 0 spiro atoms. The molecule has 0 aliphatic carbocycles. The topological polar surface area (TPSA) is 47.6 Å². The van der Waals surface area contributed by atoms with Crippen LogP contribution in [0.5, 0.6) is 5.75 Å². The predicted molar refractivity (Wildman–Crippen MR) is 61.4 cm³/mol. The summed E-state index contributed by atoms with van der Waals surface area (Å²) in [5.41, 5.74) is 0. The quantitative estimate of drug-likeness (QED) is 0.764. The van der Waals surface area contributed by atoms with E-state index >= 15 is 0 Å². The van der Waals surface area contributed by atoms with Crippen LogP contribution in [0.2, 0.25) is 0 Å². The monoisotopic (exact) mass is 241 g/mol. The highest BCUT2D eigenvalue weighted by Gasteiger charge is 2.16. The third-order valence-electron chi connectivity index (χ3n) is 2.33. The fourth-order valence-corrected chi connectivity index (χ4v) is 1.37. The van der Waals surface area contributed by atoms with Gasteiger partial charge in [0.2, 0.25) is 0 Å². The summed E-state index contributed by atoms with van der Waals surface area (Å²) >= 11 is 0. The number of para-hydroxylation sites is 1. The number of ether oxygens (including phenoxy) is 2. The molecule has 0 heterocycles. The lowest BCUT2D eigenvalue weighted by atomic mass is 10.2. The fourth-order valence-electron chi connectivity index (χ4n) is 1.37. The second-order valence-corrected chi connectivity index (χ2v) is 3.43. The first-order valence-corrected chi connectivity index (χ1v) is 5.31. The maximum Gasteiger partial charge on any atom is 0.322 e. The smallest absolute Gasteiger partial charge is 0.322 e. The van der Waals surface area contributed by atoms with E-state index in [0.717, 1.165) is 0 Å². The van der Waals surface area contributed by atoms with Crippen molar-refractivity contribution in [3.63, 3.8) is 0 Å². The fraction of sp³-hybridized carbons (Fsp3) is 0.417. The van der Waals surface area contributed by atoms with E-state index in [1.165, 1.54) is 13.2 Å². The van der Waals surface area contributed by atoms with E-state index in [0.29, 0.717) is 6.42 Å². The van der Waals surface area contributed by atoms with Crippen molar-refractivity contribution in [2.75, 3.05) is 20.8 Å². The highest BCUT2D eigenvalue weighted by Crippen LogP contribution is 2.15. The Hall–Kier alpha value is -1.62. The normalized spacial score (nSPS) is 11.9. The lowest BCUT2D eigenvalue weighted by molar-refractivity contribution is -0.143. The Morgan fingerprint density at radius 1 is 1.47 bits per heavy atom. The van der Waals surface area contributed by atoms with Crippen molar-refractivity contribution >= 4 is 5.97 Å². The highest BCUT2D eigenvalue weighted by molar-refractivity contribution is 5.75. The van der Waals surface area contributed by atoms with Crippen LogP contribution in [0, 0.1) is 5.82 Å². The molecule has 0 amide bonds. The number of benzene rings is 1. The lowest BCUT2D eigenvalue weighted by Crippen LogP contribution is -2.36. The van der Waals surface area contributed by atoms with E-state index in [1.54, 1.807) is 25.2 Å². The SMILES string of the molecule is CNC(CCOc1ccccc1F)C(=O)OC. The van der Waals surface area contributed by atoms with E-state index in [9.17, 15) is 9.18 Å². The van der Waals surface area contributed by atoms with Gasteiger partial charge in [0, 0.05) is 6.42 Å². The van der Waals surface area contributed by atoms with Gasteiger partial charge in [-0.15, -0.1) is 0 Å². The molecule has 5 heteroatoms. The van der Waals surface area contributed by atoms with Gasteiger partial charge in [-0.25, -0.2) is 4.39 Å². The third kappa shape index (κ3) is 4.03. The molecule has 0 aliphatic rings. The van der Waals surface area contributed by atoms with Gasteiger partial charge in [0.25, 0.3) is 0 Å². The van der Waals surface area contributed by atoms with Gasteiger partial charge < -0.3 is 14.8 Å². The molecule has 4 nitrogen and oxygen atoms in total. The Kier molecular flexibility index (Phi) is 5.42. The number of likely N-dealkylation sites (N-methyl/N-ethyl adjacent to an activating group) is 1. The molecule has 0 aromatic heterocycles. The van der Waals surface area contributed by atoms with E-state index in [1.807, 2.05) is 0 Å². The summed E-state index contributed by atoms with van der Waals surface area (Å²) < 4.78 is 23.0. The first-order chi connectivity index (χ1) is 8.19. The number of hydrogen-bond donors (Lipinski definition) is 1. The van der Waals surface area contributed by atoms with Crippen LogP contribution in [0.15, 0.2) is 24.3 Å². The van der Waals surface area contributed by atoms with Gasteiger partial charge in [0.1, 0.15) is 6.04 Å². The van der Waals surface area contributed by atoms with Gasteiger partial charge in [0.05, 0.1) is 13.7 Å².